The van der Waals surface area contributed by atoms with Gasteiger partial charge in [-0.05, 0) is 6.42 Å². The molecule has 0 aliphatic heterocycles. The van der Waals surface area contributed by atoms with Crippen LogP contribution in [-0.2, 0) is 14.3 Å². The topological polar surface area (TPSA) is 121 Å². The predicted octanol–water partition coefficient (Wildman–Crippen LogP) is 0.389. The highest BCUT2D eigenvalue weighted by Crippen LogP contribution is 2.21. The Labute approximate surface area is 78.9 Å². The van der Waals surface area contributed by atoms with Crippen LogP contribution in [0, 0.1) is 0 Å². The van der Waals surface area contributed by atoms with Crippen LogP contribution >= 0.6 is 0 Å². The van der Waals surface area contributed by atoms with Gasteiger partial charge in [0.1, 0.15) is 0 Å². The van der Waals surface area contributed by atoms with Gasteiger partial charge >= 0.3 is 18.1 Å². The van der Waals surface area contributed by atoms with Crippen LogP contribution < -0.4 is 0 Å². The van der Waals surface area contributed by atoms with Crippen LogP contribution in [-0.4, -0.2) is 39.0 Å². The molecule has 0 aromatic heterocycles. The van der Waals surface area contributed by atoms with Crippen LogP contribution in [0.15, 0.2) is 0 Å². The summed E-state index contributed by atoms with van der Waals surface area (Å²) in [5, 5.41) is 25.3. The molecule has 0 aromatic carbocycles. The molecule has 0 saturated heterocycles. The van der Waals surface area contributed by atoms with E-state index in [4.69, 9.17) is 15.3 Å². The Balaban J connectivity index is 4.87. The van der Waals surface area contributed by atoms with Crippen LogP contribution in [0.2, 0.25) is 0 Å². The molecule has 0 aromatic rings. The summed E-state index contributed by atoms with van der Waals surface area (Å²) >= 11 is 0. The molecule has 0 spiro atoms. The lowest BCUT2D eigenvalue weighted by Gasteiger charge is -2.24. The third kappa shape index (κ3) is 2.92. The summed E-state index contributed by atoms with van der Waals surface area (Å²) in [5.74, 6) is -3.04. The van der Waals surface area contributed by atoms with E-state index in [0.29, 0.717) is 0 Å². The number of ether oxygens (including phenoxy) is 1. The first-order chi connectivity index (χ1) is 6.34. The van der Waals surface area contributed by atoms with E-state index in [0.717, 1.165) is 0 Å². The van der Waals surface area contributed by atoms with Crippen molar-refractivity contribution in [3.8, 4) is 0 Å². The van der Waals surface area contributed by atoms with Gasteiger partial charge in [0.05, 0.1) is 6.42 Å². The normalized spacial score (nSPS) is 14.1. The Bertz CT molecular complexity index is 241. The fourth-order valence-electron chi connectivity index (χ4n) is 0.915. The second-order valence-electron chi connectivity index (χ2n) is 2.59. The summed E-state index contributed by atoms with van der Waals surface area (Å²) in [5.41, 5.74) is -2.20. The molecular formula is C7H10O7. The molecular weight excluding hydrogens is 196 g/mol. The van der Waals surface area contributed by atoms with E-state index in [2.05, 4.69) is 4.74 Å². The molecule has 0 amide bonds. The molecule has 0 radical (unpaired) electrons. The summed E-state index contributed by atoms with van der Waals surface area (Å²) in [6.07, 6.45) is -2.96. The zero-order chi connectivity index (χ0) is 11.4. The number of rotatable bonds is 5. The first kappa shape index (κ1) is 12.2. The Kier molecular flexibility index (Phi) is 3.88. The maximum atomic E-state index is 10.7. The van der Waals surface area contributed by atoms with E-state index >= 15 is 0 Å². The van der Waals surface area contributed by atoms with Crippen LogP contribution in [0.3, 0.4) is 0 Å². The second-order valence-corrected chi connectivity index (χ2v) is 2.59. The molecule has 0 heterocycles. The van der Waals surface area contributed by atoms with Gasteiger partial charge in [0.25, 0.3) is 0 Å². The fraction of sp³-hybridized carbons (Fsp3) is 0.571. The van der Waals surface area contributed by atoms with Crippen molar-refractivity contribution >= 4 is 18.1 Å². The fourth-order valence-corrected chi connectivity index (χ4v) is 0.915. The van der Waals surface area contributed by atoms with E-state index in [1.165, 1.54) is 6.92 Å². The van der Waals surface area contributed by atoms with Crippen LogP contribution in [0.25, 0.3) is 0 Å². The molecule has 0 aliphatic carbocycles. The third-order valence-corrected chi connectivity index (χ3v) is 1.68. The van der Waals surface area contributed by atoms with Gasteiger partial charge in [-0.2, -0.15) is 0 Å². The van der Waals surface area contributed by atoms with Crippen molar-refractivity contribution in [3.63, 3.8) is 0 Å². The van der Waals surface area contributed by atoms with Gasteiger partial charge in [0.15, 0.2) is 0 Å². The Hall–Kier alpha value is -1.79. The summed E-state index contributed by atoms with van der Waals surface area (Å²) in [7, 11) is 0. The zero-order valence-corrected chi connectivity index (χ0v) is 7.39. The predicted molar refractivity (Wildman–Crippen MR) is 42.0 cm³/mol. The molecule has 0 saturated carbocycles. The van der Waals surface area contributed by atoms with E-state index < -0.39 is 30.1 Å². The van der Waals surface area contributed by atoms with Crippen molar-refractivity contribution in [1.29, 1.82) is 0 Å². The molecule has 80 valence electrons. The first-order valence-corrected chi connectivity index (χ1v) is 3.71. The lowest BCUT2D eigenvalue weighted by molar-refractivity contribution is -0.167. The molecule has 1 unspecified atom stereocenters. The van der Waals surface area contributed by atoms with Gasteiger partial charge in [0, 0.05) is 0 Å². The van der Waals surface area contributed by atoms with E-state index in [1.54, 1.807) is 0 Å². The summed E-state index contributed by atoms with van der Waals surface area (Å²) in [6, 6.07) is 0. The van der Waals surface area contributed by atoms with Gasteiger partial charge in [-0.1, -0.05) is 6.92 Å². The highest BCUT2D eigenvalue weighted by molar-refractivity contribution is 5.85. The molecule has 1 atom stereocenters. The molecule has 7 heteroatoms. The van der Waals surface area contributed by atoms with Crippen molar-refractivity contribution in [1.82, 2.24) is 0 Å². The maximum absolute atomic E-state index is 10.7. The quantitative estimate of drug-likeness (QED) is 0.556. The maximum Gasteiger partial charge on any atom is 0.506 e. The lowest BCUT2D eigenvalue weighted by Crippen LogP contribution is -2.44. The summed E-state index contributed by atoms with van der Waals surface area (Å²) in [4.78, 5) is 31.2. The highest BCUT2D eigenvalue weighted by atomic mass is 16.7. The summed E-state index contributed by atoms with van der Waals surface area (Å²) < 4.78 is 4.10. The molecule has 0 aliphatic rings. The van der Waals surface area contributed by atoms with Crippen LogP contribution in [0.5, 0.6) is 0 Å². The monoisotopic (exact) mass is 206 g/mol. The van der Waals surface area contributed by atoms with Crippen molar-refractivity contribution < 1.29 is 34.4 Å². The second kappa shape index (κ2) is 4.45. The number of hydrogen-bond donors (Lipinski definition) is 3. The minimum absolute atomic E-state index is 0.249. The van der Waals surface area contributed by atoms with Crippen molar-refractivity contribution in [2.75, 3.05) is 0 Å². The van der Waals surface area contributed by atoms with Gasteiger partial charge in [-0.3, -0.25) is 4.79 Å². The van der Waals surface area contributed by atoms with Crippen LogP contribution in [0.1, 0.15) is 19.8 Å². The van der Waals surface area contributed by atoms with Crippen molar-refractivity contribution in [3.05, 3.63) is 0 Å². The van der Waals surface area contributed by atoms with Crippen molar-refractivity contribution in [2.24, 2.45) is 0 Å². The Morgan fingerprint density at radius 3 is 1.93 bits per heavy atom. The molecule has 3 N–H and O–H groups in total. The number of carbonyl (C=O) groups is 3. The molecule has 0 bridgehead atoms. The minimum Gasteiger partial charge on any atom is -0.481 e. The standard InChI is InChI=1S/C7H10O7/c1-2-7(5(10)11,3-4(8)9)14-6(12)13/h2-3H2,1H3,(H,8,9)(H,10,11)(H,12,13). The SMILES string of the molecule is CCC(CC(=O)O)(OC(=O)O)C(=O)O. The van der Waals surface area contributed by atoms with E-state index in [-0.39, 0.29) is 6.42 Å². The number of hydrogen-bond acceptors (Lipinski definition) is 4. The van der Waals surface area contributed by atoms with E-state index in [1.807, 2.05) is 0 Å². The van der Waals surface area contributed by atoms with Gasteiger partial charge < -0.3 is 20.1 Å². The minimum atomic E-state index is -2.20. The third-order valence-electron chi connectivity index (χ3n) is 1.68. The average Bonchev–Trinajstić information content (AvgIpc) is 2.00. The molecule has 14 heavy (non-hydrogen) atoms. The summed E-state index contributed by atoms with van der Waals surface area (Å²) in [6.45, 7) is 1.33. The van der Waals surface area contributed by atoms with Crippen molar-refractivity contribution in [2.45, 2.75) is 25.4 Å². The number of aliphatic carboxylic acids is 2. The molecule has 0 fully saturated rings. The average molecular weight is 206 g/mol. The zero-order valence-electron chi connectivity index (χ0n) is 7.39. The molecule has 0 rings (SSSR count). The smallest absolute Gasteiger partial charge is 0.481 e. The Morgan fingerprint density at radius 1 is 1.21 bits per heavy atom. The van der Waals surface area contributed by atoms with Gasteiger partial charge in [-0.25, -0.2) is 9.59 Å². The number of carboxylic acid groups (broad SMARTS) is 3. The molecule has 7 nitrogen and oxygen atoms in total. The van der Waals surface area contributed by atoms with Gasteiger partial charge in [-0.15, -0.1) is 0 Å². The first-order valence-electron chi connectivity index (χ1n) is 3.71. The largest absolute Gasteiger partial charge is 0.506 e. The van der Waals surface area contributed by atoms with E-state index in [9.17, 15) is 14.4 Å². The van der Waals surface area contributed by atoms with Crippen LogP contribution in [0.4, 0.5) is 4.79 Å². The van der Waals surface area contributed by atoms with Gasteiger partial charge in [0.2, 0.25) is 5.60 Å². The number of carboxylic acids is 2. The Morgan fingerprint density at radius 2 is 1.71 bits per heavy atom. The lowest BCUT2D eigenvalue weighted by atomic mass is 9.96. The highest BCUT2D eigenvalue weighted by Gasteiger charge is 2.43.